The zero-order valence-corrected chi connectivity index (χ0v) is 13.6. The van der Waals surface area contributed by atoms with E-state index in [1.54, 1.807) is 7.05 Å². The average Bonchev–Trinajstić information content (AvgIpc) is 2.51. The largest absolute Gasteiger partial charge is 0.381 e. The maximum atomic E-state index is 5.53. The lowest BCUT2D eigenvalue weighted by atomic mass is 10.1. The first-order valence-corrected chi connectivity index (χ1v) is 7.84. The van der Waals surface area contributed by atoms with Gasteiger partial charge in [-0.2, -0.15) is 0 Å². The molecule has 4 heteroatoms. The summed E-state index contributed by atoms with van der Waals surface area (Å²) in [5.41, 5.74) is 2.54. The standard InChI is InChI=1S/C17H29N3O/c1-4-5-12-21-13-6-11-19-17(18-3)20-14-16-9-7-15(2)8-10-16/h7-10H,4-6,11-14H2,1-3H3,(H2,18,19,20). The van der Waals surface area contributed by atoms with Crippen molar-refractivity contribution in [3.63, 3.8) is 0 Å². The first-order valence-electron chi connectivity index (χ1n) is 7.84. The minimum atomic E-state index is 0.785. The summed E-state index contributed by atoms with van der Waals surface area (Å²) >= 11 is 0. The summed E-state index contributed by atoms with van der Waals surface area (Å²) < 4.78 is 5.53. The van der Waals surface area contributed by atoms with Crippen LogP contribution in [0.3, 0.4) is 0 Å². The summed E-state index contributed by atoms with van der Waals surface area (Å²) in [5, 5.41) is 6.62. The highest BCUT2D eigenvalue weighted by Gasteiger charge is 1.98. The Hall–Kier alpha value is -1.55. The Kier molecular flexibility index (Phi) is 9.29. The van der Waals surface area contributed by atoms with Gasteiger partial charge in [0.25, 0.3) is 0 Å². The van der Waals surface area contributed by atoms with E-state index in [0.717, 1.165) is 45.1 Å². The van der Waals surface area contributed by atoms with Crippen molar-refractivity contribution < 1.29 is 4.74 Å². The Morgan fingerprint density at radius 3 is 2.48 bits per heavy atom. The Morgan fingerprint density at radius 1 is 1.10 bits per heavy atom. The molecule has 0 radical (unpaired) electrons. The summed E-state index contributed by atoms with van der Waals surface area (Å²) in [4.78, 5) is 4.22. The summed E-state index contributed by atoms with van der Waals surface area (Å²) in [5.74, 6) is 0.837. The first-order chi connectivity index (χ1) is 10.3. The molecule has 0 fully saturated rings. The van der Waals surface area contributed by atoms with Gasteiger partial charge < -0.3 is 15.4 Å². The molecule has 2 N–H and O–H groups in total. The van der Waals surface area contributed by atoms with Gasteiger partial charge in [0.15, 0.2) is 5.96 Å². The number of hydrogen-bond acceptors (Lipinski definition) is 2. The number of unbranched alkanes of at least 4 members (excludes halogenated alkanes) is 1. The fourth-order valence-electron chi connectivity index (χ4n) is 1.84. The fourth-order valence-corrected chi connectivity index (χ4v) is 1.84. The van der Waals surface area contributed by atoms with Crippen LogP contribution in [0.15, 0.2) is 29.3 Å². The normalized spacial score (nSPS) is 11.5. The van der Waals surface area contributed by atoms with Gasteiger partial charge in [-0.3, -0.25) is 4.99 Å². The lowest BCUT2D eigenvalue weighted by Crippen LogP contribution is -2.37. The van der Waals surface area contributed by atoms with Crippen molar-refractivity contribution in [1.82, 2.24) is 10.6 Å². The molecule has 4 nitrogen and oxygen atoms in total. The second-order valence-electron chi connectivity index (χ2n) is 5.16. The van der Waals surface area contributed by atoms with Crippen LogP contribution in [0.4, 0.5) is 0 Å². The molecular formula is C17H29N3O. The molecule has 1 rings (SSSR count). The predicted molar refractivity (Wildman–Crippen MR) is 89.7 cm³/mol. The van der Waals surface area contributed by atoms with Crippen LogP contribution in [0.25, 0.3) is 0 Å². The monoisotopic (exact) mass is 291 g/mol. The quantitative estimate of drug-likeness (QED) is 0.418. The second kappa shape index (κ2) is 11.1. The number of guanidine groups is 1. The van der Waals surface area contributed by atoms with Crippen molar-refractivity contribution in [3.05, 3.63) is 35.4 Å². The number of aliphatic imine (C=N–C) groups is 1. The van der Waals surface area contributed by atoms with E-state index in [2.05, 4.69) is 53.7 Å². The molecule has 1 aromatic rings. The molecule has 0 saturated heterocycles. The Labute approximate surface area is 129 Å². The molecule has 0 aromatic heterocycles. The van der Waals surface area contributed by atoms with Gasteiger partial charge in [0.05, 0.1) is 0 Å². The summed E-state index contributed by atoms with van der Waals surface area (Å²) in [6.45, 7) is 7.61. The van der Waals surface area contributed by atoms with Crippen LogP contribution in [-0.4, -0.2) is 32.8 Å². The summed E-state index contributed by atoms with van der Waals surface area (Å²) in [7, 11) is 1.79. The molecule has 1 aromatic carbocycles. The topological polar surface area (TPSA) is 45.6 Å². The van der Waals surface area contributed by atoms with E-state index in [-0.39, 0.29) is 0 Å². The third kappa shape index (κ3) is 8.35. The maximum absolute atomic E-state index is 5.53. The van der Waals surface area contributed by atoms with Crippen molar-refractivity contribution in [2.75, 3.05) is 26.8 Å². The smallest absolute Gasteiger partial charge is 0.191 e. The number of aryl methyl sites for hydroxylation is 1. The first kappa shape index (κ1) is 17.5. The van der Waals surface area contributed by atoms with Crippen LogP contribution in [0.1, 0.15) is 37.3 Å². The number of benzene rings is 1. The van der Waals surface area contributed by atoms with E-state index in [4.69, 9.17) is 4.74 Å². The molecule has 0 amide bonds. The number of nitrogens with zero attached hydrogens (tertiary/aromatic N) is 1. The minimum absolute atomic E-state index is 0.785. The molecule has 0 heterocycles. The van der Waals surface area contributed by atoms with Crippen molar-refractivity contribution in [1.29, 1.82) is 0 Å². The molecule has 0 unspecified atom stereocenters. The zero-order valence-electron chi connectivity index (χ0n) is 13.6. The van der Waals surface area contributed by atoms with Crippen LogP contribution >= 0.6 is 0 Å². The Balaban J connectivity index is 2.13. The van der Waals surface area contributed by atoms with Crippen molar-refractivity contribution in [3.8, 4) is 0 Å². The van der Waals surface area contributed by atoms with Crippen molar-refractivity contribution in [2.24, 2.45) is 4.99 Å². The molecule has 0 saturated carbocycles. The Bertz CT molecular complexity index is 401. The fraction of sp³-hybridized carbons (Fsp3) is 0.588. The lowest BCUT2D eigenvalue weighted by Gasteiger charge is -2.12. The summed E-state index contributed by atoms with van der Waals surface area (Å²) in [6.07, 6.45) is 3.33. The third-order valence-electron chi connectivity index (χ3n) is 3.20. The van der Waals surface area contributed by atoms with Crippen LogP contribution in [0.2, 0.25) is 0 Å². The van der Waals surface area contributed by atoms with Gasteiger partial charge in [0.2, 0.25) is 0 Å². The molecule has 0 aliphatic heterocycles. The van der Waals surface area contributed by atoms with Gasteiger partial charge in [-0.05, 0) is 25.3 Å². The van der Waals surface area contributed by atoms with Crippen LogP contribution in [0.5, 0.6) is 0 Å². The van der Waals surface area contributed by atoms with Gasteiger partial charge in [0, 0.05) is 33.4 Å². The number of ether oxygens (including phenoxy) is 1. The molecule has 0 spiro atoms. The van der Waals surface area contributed by atoms with Gasteiger partial charge in [-0.15, -0.1) is 0 Å². The van der Waals surface area contributed by atoms with Gasteiger partial charge in [0.1, 0.15) is 0 Å². The van der Waals surface area contributed by atoms with E-state index in [1.165, 1.54) is 17.5 Å². The second-order valence-corrected chi connectivity index (χ2v) is 5.16. The van der Waals surface area contributed by atoms with Gasteiger partial charge >= 0.3 is 0 Å². The summed E-state index contributed by atoms with van der Waals surface area (Å²) in [6, 6.07) is 8.52. The zero-order chi connectivity index (χ0) is 15.3. The number of rotatable bonds is 9. The highest BCUT2D eigenvalue weighted by Crippen LogP contribution is 2.02. The highest BCUT2D eigenvalue weighted by atomic mass is 16.5. The number of nitrogens with one attached hydrogen (secondary N) is 2. The highest BCUT2D eigenvalue weighted by molar-refractivity contribution is 5.79. The van der Waals surface area contributed by atoms with Crippen LogP contribution in [0, 0.1) is 6.92 Å². The van der Waals surface area contributed by atoms with Crippen LogP contribution < -0.4 is 10.6 Å². The molecule has 0 aliphatic rings. The molecule has 0 atom stereocenters. The van der Waals surface area contributed by atoms with E-state index in [9.17, 15) is 0 Å². The Morgan fingerprint density at radius 2 is 1.81 bits per heavy atom. The van der Waals surface area contributed by atoms with E-state index in [1.807, 2.05) is 0 Å². The molecule has 0 aliphatic carbocycles. The molecule has 0 bridgehead atoms. The van der Waals surface area contributed by atoms with Gasteiger partial charge in [-0.25, -0.2) is 0 Å². The number of hydrogen-bond donors (Lipinski definition) is 2. The maximum Gasteiger partial charge on any atom is 0.191 e. The average molecular weight is 291 g/mol. The lowest BCUT2D eigenvalue weighted by molar-refractivity contribution is 0.129. The van der Waals surface area contributed by atoms with Gasteiger partial charge in [-0.1, -0.05) is 43.2 Å². The van der Waals surface area contributed by atoms with E-state index >= 15 is 0 Å². The van der Waals surface area contributed by atoms with Crippen LogP contribution in [-0.2, 0) is 11.3 Å². The van der Waals surface area contributed by atoms with Crippen molar-refractivity contribution >= 4 is 5.96 Å². The molecule has 118 valence electrons. The predicted octanol–water partition coefficient (Wildman–Crippen LogP) is 2.87. The van der Waals surface area contributed by atoms with E-state index < -0.39 is 0 Å². The van der Waals surface area contributed by atoms with Crippen molar-refractivity contribution in [2.45, 2.75) is 39.7 Å². The SMILES string of the molecule is CCCCOCCCNC(=NC)NCc1ccc(C)cc1. The van der Waals surface area contributed by atoms with E-state index in [0.29, 0.717) is 0 Å². The third-order valence-corrected chi connectivity index (χ3v) is 3.20. The minimum Gasteiger partial charge on any atom is -0.381 e. The molecule has 21 heavy (non-hydrogen) atoms. The molecular weight excluding hydrogens is 262 g/mol.